The number of hydrogen-bond donors (Lipinski definition) is 0. The Morgan fingerprint density at radius 1 is 0.667 bits per heavy atom. The molecule has 0 spiro atoms. The van der Waals surface area contributed by atoms with E-state index in [1.165, 1.54) is 10.8 Å². The van der Waals surface area contributed by atoms with Crippen LogP contribution in [-0.4, -0.2) is 24.3 Å². The monoisotopic (exact) mass is 503 g/mol. The third-order valence-electron chi connectivity index (χ3n) is 7.15. The molecule has 6 heteroatoms. The minimum Gasteiger partial charge on any atom is -0.436 e. The topological polar surface area (TPSA) is 61.7 Å². The molecule has 0 unspecified atom stereocenters. The smallest absolute Gasteiger partial charge is 0.227 e. The first-order chi connectivity index (χ1) is 19.3. The number of pyridine rings is 1. The zero-order chi connectivity index (χ0) is 25.8. The van der Waals surface area contributed by atoms with Crippen LogP contribution in [0.2, 0.25) is 0 Å². The summed E-state index contributed by atoms with van der Waals surface area (Å²) in [6.45, 7) is 0. The van der Waals surface area contributed by atoms with Gasteiger partial charge in [-0.05, 0) is 66.7 Å². The van der Waals surface area contributed by atoms with Gasteiger partial charge in [0.1, 0.15) is 5.52 Å². The minimum absolute atomic E-state index is 0.609. The van der Waals surface area contributed by atoms with Crippen LogP contribution in [0.4, 0.5) is 0 Å². The average molecular weight is 504 g/mol. The maximum Gasteiger partial charge on any atom is 0.227 e. The van der Waals surface area contributed by atoms with Crippen LogP contribution in [0, 0.1) is 0 Å². The number of fused-ring (bicyclic) bond motifs is 4. The van der Waals surface area contributed by atoms with Gasteiger partial charge in [0.25, 0.3) is 0 Å². The lowest BCUT2D eigenvalue weighted by atomic mass is 10.1. The van der Waals surface area contributed by atoms with Gasteiger partial charge in [0.05, 0.1) is 22.4 Å². The van der Waals surface area contributed by atoms with Gasteiger partial charge in [-0.3, -0.25) is 4.98 Å². The van der Waals surface area contributed by atoms with Crippen molar-refractivity contribution < 1.29 is 4.42 Å². The molecule has 0 saturated heterocycles. The van der Waals surface area contributed by atoms with E-state index in [1.54, 1.807) is 6.20 Å². The zero-order valence-corrected chi connectivity index (χ0v) is 20.8. The highest BCUT2D eigenvalue weighted by molar-refractivity contribution is 6.10. The third-order valence-corrected chi connectivity index (χ3v) is 7.15. The predicted molar refractivity (Wildman–Crippen MR) is 154 cm³/mol. The highest BCUT2D eigenvalue weighted by Crippen LogP contribution is 2.37. The molecule has 0 saturated carbocycles. The lowest BCUT2D eigenvalue weighted by Crippen LogP contribution is -2.01. The maximum absolute atomic E-state index is 6.12. The summed E-state index contributed by atoms with van der Waals surface area (Å²) in [7, 11) is 0. The Balaban J connectivity index is 1.39. The summed E-state index contributed by atoms with van der Waals surface area (Å²) in [5.74, 6) is 0.609. The number of oxazole rings is 1. The normalized spacial score (nSPS) is 11.6. The van der Waals surface area contributed by atoms with Gasteiger partial charge in [0, 0.05) is 46.2 Å². The second-order valence-corrected chi connectivity index (χ2v) is 9.44. The molecule has 0 bridgehead atoms. The predicted octanol–water partition coefficient (Wildman–Crippen LogP) is 7.84. The van der Waals surface area contributed by atoms with Crippen molar-refractivity contribution in [2.75, 3.05) is 0 Å². The fourth-order valence-corrected chi connectivity index (χ4v) is 5.38. The fourth-order valence-electron chi connectivity index (χ4n) is 5.38. The Morgan fingerprint density at radius 2 is 1.54 bits per heavy atom. The molecular weight excluding hydrogens is 482 g/mol. The van der Waals surface area contributed by atoms with Gasteiger partial charge in [-0.15, -0.1) is 0 Å². The van der Waals surface area contributed by atoms with Crippen LogP contribution < -0.4 is 0 Å². The Hall–Kier alpha value is -5.49. The van der Waals surface area contributed by atoms with Crippen LogP contribution >= 0.6 is 0 Å². The van der Waals surface area contributed by atoms with Crippen molar-refractivity contribution in [2.24, 2.45) is 0 Å². The number of aromatic nitrogens is 5. The van der Waals surface area contributed by atoms with Crippen LogP contribution in [0.25, 0.3) is 67.0 Å². The van der Waals surface area contributed by atoms with Gasteiger partial charge in [0.15, 0.2) is 5.58 Å². The van der Waals surface area contributed by atoms with Crippen molar-refractivity contribution in [1.29, 1.82) is 0 Å². The summed E-state index contributed by atoms with van der Waals surface area (Å²) in [5, 5.41) is 6.85. The molecule has 39 heavy (non-hydrogen) atoms. The second kappa shape index (κ2) is 8.53. The first kappa shape index (κ1) is 21.6. The summed E-state index contributed by atoms with van der Waals surface area (Å²) in [4.78, 5) is 9.42. The summed E-state index contributed by atoms with van der Waals surface area (Å²) in [6, 6.07) is 37.1. The molecule has 0 aliphatic heterocycles. The summed E-state index contributed by atoms with van der Waals surface area (Å²) in [5.41, 5.74) is 8.65. The van der Waals surface area contributed by atoms with E-state index >= 15 is 0 Å². The molecule has 8 rings (SSSR count). The highest BCUT2D eigenvalue weighted by Gasteiger charge is 2.17. The highest BCUT2D eigenvalue weighted by atomic mass is 16.3. The maximum atomic E-state index is 6.12. The molecular formula is C33H21N5O. The van der Waals surface area contributed by atoms with Crippen LogP contribution in [0.3, 0.4) is 0 Å². The van der Waals surface area contributed by atoms with Crippen molar-refractivity contribution in [2.45, 2.75) is 0 Å². The van der Waals surface area contributed by atoms with Crippen molar-refractivity contribution in [3.8, 4) is 34.1 Å². The molecule has 4 aromatic carbocycles. The molecule has 6 nitrogen and oxygen atoms in total. The summed E-state index contributed by atoms with van der Waals surface area (Å²) < 4.78 is 10.3. The SMILES string of the molecule is c1ccc(-c2cc(-n3c4ccccc4c4ccc(-c5nc6ccccc6o5)cc43)ccc2-n2cccn2)nc1. The van der Waals surface area contributed by atoms with Crippen LogP contribution in [-0.2, 0) is 0 Å². The minimum atomic E-state index is 0.609. The Kier molecular flexibility index (Phi) is 4.72. The van der Waals surface area contributed by atoms with E-state index in [0.29, 0.717) is 5.89 Å². The van der Waals surface area contributed by atoms with Crippen molar-refractivity contribution >= 4 is 32.9 Å². The molecule has 184 valence electrons. The van der Waals surface area contributed by atoms with E-state index in [9.17, 15) is 0 Å². The second-order valence-electron chi connectivity index (χ2n) is 9.44. The molecule has 4 heterocycles. The average Bonchev–Trinajstić information content (AvgIpc) is 3.75. The molecule has 8 aromatic rings. The molecule has 0 aliphatic rings. The summed E-state index contributed by atoms with van der Waals surface area (Å²) in [6.07, 6.45) is 5.56. The number of benzene rings is 4. The Morgan fingerprint density at radius 3 is 2.41 bits per heavy atom. The molecule has 4 aromatic heterocycles. The van der Waals surface area contributed by atoms with Crippen LogP contribution in [0.1, 0.15) is 0 Å². The first-order valence-electron chi connectivity index (χ1n) is 12.8. The number of rotatable bonds is 4. The van der Waals surface area contributed by atoms with Crippen LogP contribution in [0.5, 0.6) is 0 Å². The largest absolute Gasteiger partial charge is 0.436 e. The Bertz CT molecular complexity index is 2090. The van der Waals surface area contributed by atoms with E-state index in [1.807, 2.05) is 65.6 Å². The van der Waals surface area contributed by atoms with Gasteiger partial charge >= 0.3 is 0 Å². The van der Waals surface area contributed by atoms with E-state index < -0.39 is 0 Å². The van der Waals surface area contributed by atoms with E-state index in [4.69, 9.17) is 9.40 Å². The van der Waals surface area contributed by atoms with Gasteiger partial charge in [-0.25, -0.2) is 9.67 Å². The van der Waals surface area contributed by atoms with Gasteiger partial charge in [-0.2, -0.15) is 5.10 Å². The molecule has 0 aliphatic carbocycles. The number of hydrogen-bond acceptors (Lipinski definition) is 4. The van der Waals surface area contributed by atoms with Gasteiger partial charge in [-0.1, -0.05) is 42.5 Å². The third kappa shape index (κ3) is 3.46. The van der Waals surface area contributed by atoms with E-state index in [0.717, 1.165) is 50.3 Å². The zero-order valence-electron chi connectivity index (χ0n) is 20.8. The van der Waals surface area contributed by atoms with Crippen molar-refractivity contribution in [1.82, 2.24) is 24.3 Å². The fraction of sp³-hybridized carbons (Fsp3) is 0. The van der Waals surface area contributed by atoms with Crippen LogP contribution in [0.15, 0.2) is 132 Å². The van der Waals surface area contributed by atoms with Gasteiger partial charge in [0.2, 0.25) is 5.89 Å². The lowest BCUT2D eigenvalue weighted by Gasteiger charge is -2.14. The molecule has 0 radical (unpaired) electrons. The summed E-state index contributed by atoms with van der Waals surface area (Å²) >= 11 is 0. The van der Waals surface area contributed by atoms with Crippen molar-refractivity contribution in [3.63, 3.8) is 0 Å². The lowest BCUT2D eigenvalue weighted by molar-refractivity contribution is 0.620. The van der Waals surface area contributed by atoms with E-state index in [-0.39, 0.29) is 0 Å². The molecule has 0 fully saturated rings. The molecule has 0 N–H and O–H groups in total. The standard InChI is InChI=1S/C33H21N5O/c1-3-11-30-24(8-1)25-15-13-22(33-36-28-10-2-4-12-32(28)39-33)20-31(25)38(30)23-14-16-29(37-19-7-18-35-37)26(21-23)27-9-5-6-17-34-27/h1-21H. The molecule has 0 amide bonds. The molecule has 0 atom stereocenters. The number of para-hydroxylation sites is 3. The Labute approximate surface area is 223 Å². The van der Waals surface area contributed by atoms with Crippen molar-refractivity contribution in [3.05, 3.63) is 128 Å². The quantitative estimate of drug-likeness (QED) is 0.245. The number of nitrogens with zero attached hydrogens (tertiary/aromatic N) is 5. The first-order valence-corrected chi connectivity index (χ1v) is 12.8. The van der Waals surface area contributed by atoms with Gasteiger partial charge < -0.3 is 8.98 Å². The van der Waals surface area contributed by atoms with E-state index in [2.05, 4.69) is 75.3 Å².